The van der Waals surface area contributed by atoms with Gasteiger partial charge in [0.15, 0.2) is 0 Å². The fraction of sp³-hybridized carbons (Fsp3) is 0.571. The van der Waals surface area contributed by atoms with Gasteiger partial charge in [-0.15, -0.1) is 0 Å². The number of rotatable bonds is 9. The van der Waals surface area contributed by atoms with Crippen molar-refractivity contribution in [3.05, 3.63) is 29.8 Å². The first-order valence-corrected chi connectivity index (χ1v) is 6.32. The minimum atomic E-state index is 0.668. The van der Waals surface area contributed by atoms with Crippen LogP contribution in [0.15, 0.2) is 24.3 Å². The van der Waals surface area contributed by atoms with Crippen LogP contribution in [0.25, 0.3) is 0 Å². The van der Waals surface area contributed by atoms with E-state index < -0.39 is 0 Å². The Morgan fingerprint density at radius 2 is 1.83 bits per heavy atom. The van der Waals surface area contributed by atoms with Crippen LogP contribution in [-0.4, -0.2) is 45.4 Å². The van der Waals surface area contributed by atoms with Crippen molar-refractivity contribution in [3.8, 4) is 0 Å². The molecule has 0 bridgehead atoms. The van der Waals surface area contributed by atoms with E-state index in [1.165, 1.54) is 5.56 Å². The van der Waals surface area contributed by atoms with Crippen molar-refractivity contribution >= 4 is 5.69 Å². The molecule has 1 aromatic rings. The van der Waals surface area contributed by atoms with Gasteiger partial charge in [0.2, 0.25) is 0 Å². The minimum absolute atomic E-state index is 0.668. The van der Waals surface area contributed by atoms with Crippen LogP contribution in [0.5, 0.6) is 0 Å². The molecule has 0 fully saturated rings. The lowest BCUT2D eigenvalue weighted by Crippen LogP contribution is -2.20. The van der Waals surface area contributed by atoms with Gasteiger partial charge in [-0.25, -0.2) is 0 Å². The van der Waals surface area contributed by atoms with Crippen molar-refractivity contribution in [3.63, 3.8) is 0 Å². The van der Waals surface area contributed by atoms with Gasteiger partial charge in [-0.3, -0.25) is 0 Å². The van der Waals surface area contributed by atoms with E-state index in [4.69, 9.17) is 15.2 Å². The highest BCUT2D eigenvalue weighted by Crippen LogP contribution is 2.07. The van der Waals surface area contributed by atoms with Crippen LogP contribution in [0.1, 0.15) is 12.0 Å². The van der Waals surface area contributed by atoms with Crippen LogP contribution >= 0.6 is 0 Å². The van der Waals surface area contributed by atoms with Crippen molar-refractivity contribution in [2.75, 3.05) is 46.3 Å². The van der Waals surface area contributed by atoms with Gasteiger partial charge in [0.05, 0.1) is 13.2 Å². The summed E-state index contributed by atoms with van der Waals surface area (Å²) in [6.07, 6.45) is 1.04. The van der Waals surface area contributed by atoms with Gasteiger partial charge in [0.25, 0.3) is 0 Å². The van der Waals surface area contributed by atoms with Gasteiger partial charge < -0.3 is 20.1 Å². The summed E-state index contributed by atoms with van der Waals surface area (Å²) >= 11 is 0. The molecule has 0 spiro atoms. The number of hydrogen-bond donors (Lipinski definition) is 1. The zero-order valence-electron chi connectivity index (χ0n) is 11.4. The first-order valence-electron chi connectivity index (χ1n) is 6.32. The average molecular weight is 252 g/mol. The van der Waals surface area contributed by atoms with E-state index in [1.54, 1.807) is 7.11 Å². The van der Waals surface area contributed by atoms with Gasteiger partial charge >= 0.3 is 0 Å². The molecule has 2 N–H and O–H groups in total. The Hall–Kier alpha value is -1.10. The molecule has 0 radical (unpaired) electrons. The van der Waals surface area contributed by atoms with Gasteiger partial charge in [0, 0.05) is 32.5 Å². The Morgan fingerprint density at radius 1 is 1.11 bits per heavy atom. The Labute approximate surface area is 110 Å². The third-order valence-corrected chi connectivity index (χ3v) is 2.69. The Bertz CT molecular complexity index is 314. The molecule has 0 aliphatic rings. The van der Waals surface area contributed by atoms with E-state index in [0.717, 1.165) is 31.8 Å². The Balaban J connectivity index is 2.10. The van der Waals surface area contributed by atoms with Gasteiger partial charge in [-0.1, -0.05) is 12.1 Å². The SMILES string of the molecule is COCCOCCCN(C)Cc1ccc(N)cc1. The van der Waals surface area contributed by atoms with Crippen LogP contribution in [-0.2, 0) is 16.0 Å². The summed E-state index contributed by atoms with van der Waals surface area (Å²) in [6, 6.07) is 8.02. The van der Waals surface area contributed by atoms with Gasteiger partial charge in [-0.2, -0.15) is 0 Å². The fourth-order valence-electron chi connectivity index (χ4n) is 1.69. The van der Waals surface area contributed by atoms with Crippen LogP contribution in [0, 0.1) is 0 Å². The third kappa shape index (κ3) is 6.59. The normalized spacial score (nSPS) is 11.1. The molecule has 1 rings (SSSR count). The topological polar surface area (TPSA) is 47.7 Å². The molecule has 0 atom stereocenters. The standard InChI is InChI=1S/C14H24N2O2/c1-16(8-3-9-18-11-10-17-2)12-13-4-6-14(15)7-5-13/h4-7H,3,8-12,15H2,1-2H3. The van der Waals surface area contributed by atoms with E-state index in [0.29, 0.717) is 13.2 Å². The summed E-state index contributed by atoms with van der Waals surface area (Å²) in [6.45, 7) is 4.10. The second-order valence-corrected chi connectivity index (χ2v) is 4.44. The van der Waals surface area contributed by atoms with Gasteiger partial charge in [0.1, 0.15) is 0 Å². The molecule has 0 saturated heterocycles. The van der Waals surface area contributed by atoms with Crippen molar-refractivity contribution in [1.82, 2.24) is 4.90 Å². The lowest BCUT2D eigenvalue weighted by Gasteiger charge is -2.16. The highest BCUT2D eigenvalue weighted by atomic mass is 16.5. The molecular weight excluding hydrogens is 228 g/mol. The molecule has 0 unspecified atom stereocenters. The summed E-state index contributed by atoms with van der Waals surface area (Å²) < 4.78 is 10.3. The molecule has 4 heteroatoms. The smallest absolute Gasteiger partial charge is 0.0700 e. The van der Waals surface area contributed by atoms with E-state index in [1.807, 2.05) is 12.1 Å². The summed E-state index contributed by atoms with van der Waals surface area (Å²) in [5.41, 5.74) is 7.75. The summed E-state index contributed by atoms with van der Waals surface area (Å²) in [7, 11) is 3.80. The molecule has 4 nitrogen and oxygen atoms in total. The molecule has 102 valence electrons. The molecule has 0 heterocycles. The number of benzene rings is 1. The maximum atomic E-state index is 5.66. The predicted octanol–water partition coefficient (Wildman–Crippen LogP) is 1.75. The molecule has 18 heavy (non-hydrogen) atoms. The van der Waals surface area contributed by atoms with Crippen LogP contribution in [0.4, 0.5) is 5.69 Å². The predicted molar refractivity (Wildman–Crippen MR) is 74.5 cm³/mol. The van der Waals surface area contributed by atoms with E-state index in [9.17, 15) is 0 Å². The number of nitrogens with zero attached hydrogens (tertiary/aromatic N) is 1. The zero-order chi connectivity index (χ0) is 13.2. The van der Waals surface area contributed by atoms with Crippen molar-refractivity contribution in [1.29, 1.82) is 0 Å². The monoisotopic (exact) mass is 252 g/mol. The first-order chi connectivity index (χ1) is 8.72. The van der Waals surface area contributed by atoms with E-state index in [-0.39, 0.29) is 0 Å². The minimum Gasteiger partial charge on any atom is -0.399 e. The maximum absolute atomic E-state index is 5.66. The quantitative estimate of drug-likeness (QED) is 0.537. The maximum Gasteiger partial charge on any atom is 0.0700 e. The van der Waals surface area contributed by atoms with Crippen molar-refractivity contribution < 1.29 is 9.47 Å². The molecule has 0 aliphatic carbocycles. The number of hydrogen-bond acceptors (Lipinski definition) is 4. The van der Waals surface area contributed by atoms with E-state index >= 15 is 0 Å². The highest BCUT2D eigenvalue weighted by Gasteiger charge is 2.00. The number of methoxy groups -OCH3 is 1. The zero-order valence-corrected chi connectivity index (χ0v) is 11.4. The number of ether oxygens (including phenoxy) is 2. The average Bonchev–Trinajstić information content (AvgIpc) is 2.36. The largest absolute Gasteiger partial charge is 0.399 e. The second kappa shape index (κ2) is 8.91. The number of anilines is 1. The van der Waals surface area contributed by atoms with E-state index in [2.05, 4.69) is 24.1 Å². The first kappa shape index (κ1) is 15.0. The summed E-state index contributed by atoms with van der Waals surface area (Å²) in [5.74, 6) is 0. The van der Waals surface area contributed by atoms with Crippen LogP contribution in [0.3, 0.4) is 0 Å². The lowest BCUT2D eigenvalue weighted by molar-refractivity contribution is 0.0660. The molecular formula is C14H24N2O2. The Kier molecular flexibility index (Phi) is 7.41. The molecule has 0 saturated carbocycles. The van der Waals surface area contributed by atoms with Gasteiger partial charge in [-0.05, 0) is 31.2 Å². The number of nitrogens with two attached hydrogens (primary N) is 1. The number of nitrogen functional groups attached to an aromatic ring is 1. The van der Waals surface area contributed by atoms with Crippen LogP contribution in [0.2, 0.25) is 0 Å². The second-order valence-electron chi connectivity index (χ2n) is 4.44. The molecule has 1 aromatic carbocycles. The summed E-state index contributed by atoms with van der Waals surface area (Å²) in [5, 5.41) is 0. The van der Waals surface area contributed by atoms with Crippen LogP contribution < -0.4 is 5.73 Å². The molecule has 0 aliphatic heterocycles. The Morgan fingerprint density at radius 3 is 2.50 bits per heavy atom. The van der Waals surface area contributed by atoms with Crippen molar-refractivity contribution in [2.45, 2.75) is 13.0 Å². The van der Waals surface area contributed by atoms with Crippen molar-refractivity contribution in [2.24, 2.45) is 0 Å². The summed E-state index contributed by atoms with van der Waals surface area (Å²) in [4.78, 5) is 2.28. The molecule has 0 amide bonds. The molecule has 0 aromatic heterocycles. The lowest BCUT2D eigenvalue weighted by atomic mass is 10.2. The highest BCUT2D eigenvalue weighted by molar-refractivity contribution is 5.39. The third-order valence-electron chi connectivity index (χ3n) is 2.69. The fourth-order valence-corrected chi connectivity index (χ4v) is 1.69.